The molecule has 0 fully saturated rings. The Morgan fingerprint density at radius 1 is 1.22 bits per heavy atom. The highest BCUT2D eigenvalue weighted by molar-refractivity contribution is 6.49. The van der Waals surface area contributed by atoms with E-state index in [0.29, 0.717) is 17.6 Å². The quantitative estimate of drug-likeness (QED) is 0.734. The van der Waals surface area contributed by atoms with Gasteiger partial charge < -0.3 is 5.11 Å². The minimum Gasteiger partial charge on any atom is -0.481 e. The maximum atomic E-state index is 10.6. The summed E-state index contributed by atoms with van der Waals surface area (Å²) in [6, 6.07) is 1.46. The Morgan fingerprint density at radius 2 is 1.72 bits per heavy atom. The summed E-state index contributed by atoms with van der Waals surface area (Å²) in [4.78, 5) is 10.6. The molecule has 6 heteroatoms. The highest BCUT2D eigenvalue weighted by Crippen LogP contribution is 2.41. The van der Waals surface area contributed by atoms with E-state index in [-0.39, 0.29) is 26.5 Å². The monoisotopic (exact) mass is 326 g/mol. The van der Waals surface area contributed by atoms with Crippen LogP contribution in [0.3, 0.4) is 0 Å². The van der Waals surface area contributed by atoms with Crippen LogP contribution >= 0.6 is 46.4 Å². The van der Waals surface area contributed by atoms with Gasteiger partial charge in [0.1, 0.15) is 0 Å². The standard InChI is InChI=1S/C12H10Cl4O2/c1-2-6(3-4-9(17)18)10-11(15)7(13)5-8(14)12(10)16/h3,5H,2,4H2,1H3,(H,17,18)/b6-3+. The lowest BCUT2D eigenvalue weighted by Gasteiger charge is -2.12. The molecular formula is C12H10Cl4O2. The normalized spacial score (nSPS) is 11.7. The molecule has 0 unspecified atom stereocenters. The maximum absolute atomic E-state index is 10.6. The zero-order chi connectivity index (χ0) is 13.9. The molecule has 0 atom stereocenters. The van der Waals surface area contributed by atoms with E-state index in [1.165, 1.54) is 6.07 Å². The van der Waals surface area contributed by atoms with Gasteiger partial charge >= 0.3 is 5.97 Å². The van der Waals surface area contributed by atoms with E-state index in [9.17, 15) is 4.79 Å². The first kappa shape index (κ1) is 15.6. The molecule has 0 radical (unpaired) electrons. The van der Waals surface area contributed by atoms with E-state index in [2.05, 4.69) is 0 Å². The van der Waals surface area contributed by atoms with Crippen molar-refractivity contribution in [1.29, 1.82) is 0 Å². The number of hydrogen-bond acceptors (Lipinski definition) is 1. The Kier molecular flexibility index (Phi) is 5.80. The predicted molar refractivity (Wildman–Crippen MR) is 77.0 cm³/mol. The molecule has 0 bridgehead atoms. The Bertz CT molecular complexity index is 483. The topological polar surface area (TPSA) is 37.3 Å². The molecule has 0 aromatic heterocycles. The number of carbonyl (C=O) groups is 1. The number of hydrogen-bond donors (Lipinski definition) is 1. The van der Waals surface area contributed by atoms with Crippen molar-refractivity contribution in [2.24, 2.45) is 0 Å². The first-order valence-electron chi connectivity index (χ1n) is 5.12. The predicted octanol–water partition coefficient (Wildman–Crippen LogP) is 5.57. The van der Waals surface area contributed by atoms with Gasteiger partial charge in [-0.15, -0.1) is 0 Å². The summed E-state index contributed by atoms with van der Waals surface area (Å²) in [6.07, 6.45) is 2.02. The zero-order valence-corrected chi connectivity index (χ0v) is 12.5. The van der Waals surface area contributed by atoms with Gasteiger partial charge in [-0.2, -0.15) is 0 Å². The largest absolute Gasteiger partial charge is 0.481 e. The molecule has 0 aliphatic carbocycles. The summed E-state index contributed by atoms with van der Waals surface area (Å²) in [7, 11) is 0. The summed E-state index contributed by atoms with van der Waals surface area (Å²) in [5.74, 6) is -0.929. The lowest BCUT2D eigenvalue weighted by atomic mass is 10.0. The van der Waals surface area contributed by atoms with Gasteiger partial charge in [-0.1, -0.05) is 59.4 Å². The highest BCUT2D eigenvalue weighted by Gasteiger charge is 2.16. The van der Waals surface area contributed by atoms with Crippen molar-refractivity contribution in [2.45, 2.75) is 19.8 Å². The summed E-state index contributed by atoms with van der Waals surface area (Å²) >= 11 is 24.1. The van der Waals surface area contributed by atoms with Crippen molar-refractivity contribution in [3.8, 4) is 0 Å². The number of carboxylic acid groups (broad SMARTS) is 1. The van der Waals surface area contributed by atoms with E-state index in [1.807, 2.05) is 6.92 Å². The van der Waals surface area contributed by atoms with Gasteiger partial charge in [-0.05, 0) is 18.1 Å². The molecule has 0 spiro atoms. The summed E-state index contributed by atoms with van der Waals surface area (Å²) in [5.41, 5.74) is 1.20. The summed E-state index contributed by atoms with van der Waals surface area (Å²) in [5, 5.41) is 9.83. The van der Waals surface area contributed by atoms with Crippen molar-refractivity contribution in [1.82, 2.24) is 0 Å². The lowest BCUT2D eigenvalue weighted by molar-refractivity contribution is -0.135. The van der Waals surface area contributed by atoms with Crippen LogP contribution in [0.2, 0.25) is 20.1 Å². The van der Waals surface area contributed by atoms with Gasteiger partial charge in [0.15, 0.2) is 0 Å². The molecule has 2 nitrogen and oxygen atoms in total. The van der Waals surface area contributed by atoms with E-state index in [1.54, 1.807) is 6.08 Å². The fourth-order valence-corrected chi connectivity index (χ4v) is 2.54. The molecular weight excluding hydrogens is 318 g/mol. The molecule has 0 saturated heterocycles. The van der Waals surface area contributed by atoms with Crippen LogP contribution in [0.25, 0.3) is 5.57 Å². The molecule has 0 saturated carbocycles. The highest BCUT2D eigenvalue weighted by atomic mass is 35.5. The van der Waals surface area contributed by atoms with Crippen LogP contribution in [-0.4, -0.2) is 11.1 Å². The Morgan fingerprint density at radius 3 is 2.11 bits per heavy atom. The number of rotatable bonds is 4. The second kappa shape index (κ2) is 6.67. The average molecular weight is 328 g/mol. The third-order valence-electron chi connectivity index (χ3n) is 2.34. The fraction of sp³-hybridized carbons (Fsp3) is 0.250. The third kappa shape index (κ3) is 3.55. The fourth-order valence-electron chi connectivity index (χ4n) is 1.49. The number of allylic oxidation sites excluding steroid dienone is 1. The molecule has 0 aliphatic heterocycles. The van der Waals surface area contributed by atoms with Gasteiger partial charge in [-0.25, -0.2) is 0 Å². The maximum Gasteiger partial charge on any atom is 0.307 e. The van der Waals surface area contributed by atoms with Crippen LogP contribution in [0.4, 0.5) is 0 Å². The molecule has 98 valence electrons. The first-order chi connectivity index (χ1) is 8.38. The van der Waals surface area contributed by atoms with Gasteiger partial charge in [-0.3, -0.25) is 4.79 Å². The van der Waals surface area contributed by atoms with Crippen molar-refractivity contribution in [3.63, 3.8) is 0 Å². The molecule has 1 rings (SSSR count). The first-order valence-corrected chi connectivity index (χ1v) is 6.63. The van der Waals surface area contributed by atoms with Crippen molar-refractivity contribution in [3.05, 3.63) is 37.8 Å². The number of benzene rings is 1. The number of aliphatic carboxylic acids is 1. The number of halogens is 4. The van der Waals surface area contributed by atoms with Crippen LogP contribution in [0.15, 0.2) is 12.1 Å². The van der Waals surface area contributed by atoms with Crippen molar-refractivity contribution in [2.75, 3.05) is 0 Å². The Hall–Kier alpha value is -0.410. The molecule has 1 aromatic rings. The van der Waals surface area contributed by atoms with Gasteiger partial charge in [0.05, 0.1) is 26.5 Å². The van der Waals surface area contributed by atoms with Gasteiger partial charge in [0.2, 0.25) is 0 Å². The van der Waals surface area contributed by atoms with Gasteiger partial charge in [0.25, 0.3) is 0 Å². The van der Waals surface area contributed by atoms with Crippen LogP contribution in [0.1, 0.15) is 25.3 Å². The van der Waals surface area contributed by atoms with Gasteiger partial charge in [0, 0.05) is 5.56 Å². The zero-order valence-electron chi connectivity index (χ0n) is 9.44. The van der Waals surface area contributed by atoms with Crippen LogP contribution in [-0.2, 0) is 4.79 Å². The third-order valence-corrected chi connectivity index (χ3v) is 3.91. The SMILES string of the molecule is CC/C(=C\CC(=O)O)c1c(Cl)c(Cl)cc(Cl)c1Cl. The molecule has 0 amide bonds. The van der Waals surface area contributed by atoms with Crippen LogP contribution in [0, 0.1) is 0 Å². The van der Waals surface area contributed by atoms with Crippen molar-refractivity contribution >= 4 is 57.9 Å². The summed E-state index contributed by atoms with van der Waals surface area (Å²) < 4.78 is 0. The number of carboxylic acids is 1. The molecule has 18 heavy (non-hydrogen) atoms. The lowest BCUT2D eigenvalue weighted by Crippen LogP contribution is -1.94. The Balaban J connectivity index is 3.37. The minimum absolute atomic E-state index is 0.111. The minimum atomic E-state index is -0.929. The smallest absolute Gasteiger partial charge is 0.307 e. The molecule has 1 N–H and O–H groups in total. The molecule has 1 aromatic carbocycles. The van der Waals surface area contributed by atoms with Crippen molar-refractivity contribution < 1.29 is 9.90 Å². The molecule has 0 heterocycles. The molecule has 0 aliphatic rings. The van der Waals surface area contributed by atoms with Crippen LogP contribution < -0.4 is 0 Å². The van der Waals surface area contributed by atoms with E-state index in [0.717, 1.165) is 0 Å². The van der Waals surface area contributed by atoms with E-state index in [4.69, 9.17) is 51.5 Å². The average Bonchev–Trinajstić information content (AvgIpc) is 2.30. The second-order valence-corrected chi connectivity index (χ2v) is 5.09. The Labute approximate surface area is 125 Å². The van der Waals surface area contributed by atoms with E-state index >= 15 is 0 Å². The summed E-state index contributed by atoms with van der Waals surface area (Å²) in [6.45, 7) is 1.87. The van der Waals surface area contributed by atoms with Crippen LogP contribution in [0.5, 0.6) is 0 Å². The second-order valence-electron chi connectivity index (χ2n) is 3.52. The van der Waals surface area contributed by atoms with E-state index < -0.39 is 5.97 Å².